The van der Waals surface area contributed by atoms with E-state index < -0.39 is 0 Å². The number of carbonyl (C=O) groups is 1. The zero-order valence-electron chi connectivity index (χ0n) is 6.36. The Hall–Kier alpha value is -1.43. The van der Waals surface area contributed by atoms with E-state index in [1.54, 1.807) is 0 Å². The molecule has 0 aromatic carbocycles. The summed E-state index contributed by atoms with van der Waals surface area (Å²) in [5.74, 6) is -0.0399. The van der Waals surface area contributed by atoms with Crippen molar-refractivity contribution in [3.63, 3.8) is 0 Å². The van der Waals surface area contributed by atoms with E-state index in [2.05, 4.69) is 15.2 Å². The minimum absolute atomic E-state index is 0.219. The van der Waals surface area contributed by atoms with Crippen molar-refractivity contribution < 1.29 is 9.63 Å². The number of amides is 1. The zero-order valence-corrected chi connectivity index (χ0v) is 6.36. The highest BCUT2D eigenvalue weighted by atomic mass is 16.7. The van der Waals surface area contributed by atoms with Crippen LogP contribution in [0.3, 0.4) is 0 Å². The van der Waals surface area contributed by atoms with E-state index in [9.17, 15) is 4.79 Å². The van der Waals surface area contributed by atoms with Gasteiger partial charge in [-0.1, -0.05) is 0 Å². The summed E-state index contributed by atoms with van der Waals surface area (Å²) >= 11 is 0. The largest absolute Gasteiger partial charge is 0.314 e. The number of hydrogen-bond donors (Lipinski definition) is 1. The summed E-state index contributed by atoms with van der Waals surface area (Å²) in [6, 6.07) is 0. The van der Waals surface area contributed by atoms with Crippen molar-refractivity contribution in [3.05, 3.63) is 12.2 Å². The lowest BCUT2D eigenvalue weighted by atomic mass is 10.4. The summed E-state index contributed by atoms with van der Waals surface area (Å²) in [5, 5.41) is 7.35. The molecule has 0 atom stereocenters. The quantitative estimate of drug-likeness (QED) is 0.618. The molecule has 64 valence electrons. The van der Waals surface area contributed by atoms with Crippen LogP contribution in [0.2, 0.25) is 0 Å². The van der Waals surface area contributed by atoms with Crippen molar-refractivity contribution >= 4 is 5.91 Å². The van der Waals surface area contributed by atoms with Gasteiger partial charge in [-0.3, -0.25) is 14.7 Å². The Morgan fingerprint density at radius 2 is 2.67 bits per heavy atom. The number of nitrogens with zero attached hydrogens (tertiary/aromatic N) is 3. The number of aromatic nitrogens is 3. The van der Waals surface area contributed by atoms with E-state index in [0.717, 1.165) is 6.42 Å². The number of carbonyl (C=O) groups excluding carboxylic acids is 1. The highest BCUT2D eigenvalue weighted by Gasteiger charge is 2.22. The standard InChI is InChI=1S/C6H8N4O2/c11-6(5-7-4-8-9-5)10-2-1-3-12-10/h4H,1-3H2,(H,7,8,9). The summed E-state index contributed by atoms with van der Waals surface area (Å²) < 4.78 is 0. The molecule has 0 bridgehead atoms. The Labute approximate surface area is 68.5 Å². The number of rotatable bonds is 1. The first kappa shape index (κ1) is 7.23. The van der Waals surface area contributed by atoms with E-state index >= 15 is 0 Å². The number of aromatic amines is 1. The molecule has 1 aliphatic heterocycles. The molecule has 1 N–H and O–H groups in total. The van der Waals surface area contributed by atoms with Crippen molar-refractivity contribution in [2.24, 2.45) is 0 Å². The van der Waals surface area contributed by atoms with Gasteiger partial charge in [-0.15, -0.1) is 0 Å². The van der Waals surface area contributed by atoms with E-state index in [0.29, 0.717) is 13.2 Å². The Morgan fingerprint density at radius 1 is 1.75 bits per heavy atom. The predicted octanol–water partition coefficient (Wildman–Crippen LogP) is -0.418. The molecule has 0 radical (unpaired) electrons. The van der Waals surface area contributed by atoms with Crippen LogP contribution in [0.15, 0.2) is 6.33 Å². The predicted molar refractivity (Wildman–Crippen MR) is 38.0 cm³/mol. The van der Waals surface area contributed by atoms with Crippen molar-refractivity contribution in [3.8, 4) is 0 Å². The monoisotopic (exact) mass is 168 g/mol. The maximum atomic E-state index is 11.4. The fourth-order valence-electron chi connectivity index (χ4n) is 1.03. The van der Waals surface area contributed by atoms with Crippen LogP contribution in [0.4, 0.5) is 0 Å². The maximum Gasteiger partial charge on any atom is 0.314 e. The van der Waals surface area contributed by atoms with E-state index in [1.165, 1.54) is 11.4 Å². The lowest BCUT2D eigenvalue weighted by Gasteiger charge is -2.10. The molecule has 0 unspecified atom stereocenters. The van der Waals surface area contributed by atoms with Gasteiger partial charge in [0.05, 0.1) is 13.2 Å². The molecule has 0 spiro atoms. The van der Waals surface area contributed by atoms with Crippen LogP contribution in [0.1, 0.15) is 17.0 Å². The Bertz CT molecular complexity index is 265. The smallest absolute Gasteiger partial charge is 0.271 e. The van der Waals surface area contributed by atoms with E-state index in [1.807, 2.05) is 0 Å². The number of hydroxylamine groups is 2. The maximum absolute atomic E-state index is 11.4. The second-order valence-corrected chi connectivity index (χ2v) is 2.43. The minimum Gasteiger partial charge on any atom is -0.271 e. The molecular formula is C6H8N4O2. The molecule has 12 heavy (non-hydrogen) atoms. The Balaban J connectivity index is 2.09. The molecule has 1 aromatic heterocycles. The topological polar surface area (TPSA) is 71.1 Å². The fourth-order valence-corrected chi connectivity index (χ4v) is 1.03. The number of nitrogens with one attached hydrogen (secondary N) is 1. The highest BCUT2D eigenvalue weighted by molar-refractivity contribution is 5.89. The fraction of sp³-hybridized carbons (Fsp3) is 0.500. The molecule has 2 heterocycles. The average molecular weight is 168 g/mol. The third kappa shape index (κ3) is 1.16. The second-order valence-electron chi connectivity index (χ2n) is 2.43. The zero-order chi connectivity index (χ0) is 8.39. The van der Waals surface area contributed by atoms with Gasteiger partial charge in [0.15, 0.2) is 0 Å². The molecule has 1 amide bonds. The summed E-state index contributed by atoms with van der Waals surface area (Å²) in [6.07, 6.45) is 2.17. The second kappa shape index (κ2) is 2.90. The van der Waals surface area contributed by atoms with Gasteiger partial charge in [0.1, 0.15) is 6.33 Å². The minimum atomic E-state index is -0.259. The van der Waals surface area contributed by atoms with Crippen LogP contribution in [0.5, 0.6) is 0 Å². The SMILES string of the molecule is O=C(c1ncn[nH]1)N1CCCO1. The van der Waals surface area contributed by atoms with Crippen LogP contribution in [-0.4, -0.2) is 39.3 Å². The lowest BCUT2D eigenvalue weighted by Crippen LogP contribution is -2.27. The lowest BCUT2D eigenvalue weighted by molar-refractivity contribution is -0.0775. The van der Waals surface area contributed by atoms with Gasteiger partial charge >= 0.3 is 5.91 Å². The average Bonchev–Trinajstić information content (AvgIpc) is 2.77. The van der Waals surface area contributed by atoms with Gasteiger partial charge in [0, 0.05) is 0 Å². The van der Waals surface area contributed by atoms with Gasteiger partial charge in [0.2, 0.25) is 5.82 Å². The summed E-state index contributed by atoms with van der Waals surface area (Å²) in [7, 11) is 0. The number of hydrogen-bond acceptors (Lipinski definition) is 4. The third-order valence-electron chi connectivity index (χ3n) is 1.60. The Morgan fingerprint density at radius 3 is 3.25 bits per heavy atom. The first-order chi connectivity index (χ1) is 5.88. The van der Waals surface area contributed by atoms with Crippen LogP contribution in [0, 0.1) is 0 Å². The van der Waals surface area contributed by atoms with E-state index in [4.69, 9.17) is 4.84 Å². The molecule has 6 nitrogen and oxygen atoms in total. The van der Waals surface area contributed by atoms with E-state index in [-0.39, 0.29) is 11.7 Å². The van der Waals surface area contributed by atoms with Crippen LogP contribution in [-0.2, 0) is 4.84 Å². The van der Waals surface area contributed by atoms with Gasteiger partial charge in [-0.2, -0.15) is 5.10 Å². The van der Waals surface area contributed by atoms with Gasteiger partial charge in [-0.25, -0.2) is 10.0 Å². The van der Waals surface area contributed by atoms with Crippen LogP contribution < -0.4 is 0 Å². The van der Waals surface area contributed by atoms with Crippen molar-refractivity contribution in [2.75, 3.05) is 13.2 Å². The van der Waals surface area contributed by atoms with Crippen molar-refractivity contribution in [1.29, 1.82) is 0 Å². The molecular weight excluding hydrogens is 160 g/mol. The molecule has 1 fully saturated rings. The van der Waals surface area contributed by atoms with Gasteiger partial charge in [-0.05, 0) is 6.42 Å². The molecule has 1 aliphatic rings. The normalized spacial score (nSPS) is 16.8. The summed E-state index contributed by atoms with van der Waals surface area (Å²) in [6.45, 7) is 1.22. The molecule has 1 aromatic rings. The molecule has 6 heteroatoms. The Kier molecular flexibility index (Phi) is 1.75. The van der Waals surface area contributed by atoms with Crippen LogP contribution >= 0.6 is 0 Å². The molecule has 0 aliphatic carbocycles. The summed E-state index contributed by atoms with van der Waals surface area (Å²) in [5.41, 5.74) is 0. The molecule has 1 saturated heterocycles. The van der Waals surface area contributed by atoms with Crippen molar-refractivity contribution in [2.45, 2.75) is 6.42 Å². The first-order valence-electron chi connectivity index (χ1n) is 3.68. The third-order valence-corrected chi connectivity index (χ3v) is 1.60. The van der Waals surface area contributed by atoms with Gasteiger partial charge in [0.25, 0.3) is 0 Å². The first-order valence-corrected chi connectivity index (χ1v) is 3.68. The molecule has 2 rings (SSSR count). The van der Waals surface area contributed by atoms with Crippen LogP contribution in [0.25, 0.3) is 0 Å². The highest BCUT2D eigenvalue weighted by Crippen LogP contribution is 2.06. The summed E-state index contributed by atoms with van der Waals surface area (Å²) in [4.78, 5) is 20.1. The number of H-pyrrole nitrogens is 1. The molecule has 0 saturated carbocycles. The van der Waals surface area contributed by atoms with Crippen molar-refractivity contribution in [1.82, 2.24) is 20.2 Å². The van der Waals surface area contributed by atoms with Gasteiger partial charge < -0.3 is 0 Å².